The second-order valence-corrected chi connectivity index (χ2v) is 7.60. The first kappa shape index (κ1) is 20.2. The van der Waals surface area contributed by atoms with Crippen LogP contribution < -0.4 is 15.2 Å². The molecule has 2 N–H and O–H groups in total. The highest BCUT2D eigenvalue weighted by molar-refractivity contribution is 7.92. The van der Waals surface area contributed by atoms with Crippen molar-refractivity contribution in [3.8, 4) is 0 Å². The Bertz CT molecular complexity index is 909. The largest absolute Gasteiger partial charge is 0.449 e. The van der Waals surface area contributed by atoms with Crippen LogP contribution in [0.2, 0.25) is 0 Å². The number of nitrogens with one attached hydrogen (secondary N) is 2. The fraction of sp³-hybridized carbons (Fsp3) is 0.222. The zero-order valence-electron chi connectivity index (χ0n) is 15.2. The molecule has 2 aromatic carbocycles. The molecule has 2 rings (SSSR count). The van der Waals surface area contributed by atoms with Crippen molar-refractivity contribution in [2.75, 3.05) is 18.0 Å². The lowest BCUT2D eigenvalue weighted by Gasteiger charge is -2.20. The van der Waals surface area contributed by atoms with Crippen LogP contribution in [-0.4, -0.2) is 34.1 Å². The lowest BCUT2D eigenvalue weighted by molar-refractivity contribution is 0.0912. The van der Waals surface area contributed by atoms with E-state index < -0.39 is 22.0 Å². The van der Waals surface area contributed by atoms with Crippen LogP contribution in [0.3, 0.4) is 0 Å². The van der Waals surface area contributed by atoms with Gasteiger partial charge in [0.2, 0.25) is 0 Å². The number of sulfonamides is 1. The first-order valence-corrected chi connectivity index (χ1v) is 9.58. The monoisotopic (exact) mass is 391 g/mol. The number of hydrogen-bond donors (Lipinski definition) is 2. The molecule has 0 heterocycles. The molecule has 8 nitrogen and oxygen atoms in total. The van der Waals surface area contributed by atoms with Gasteiger partial charge in [-0.2, -0.15) is 0 Å². The molecule has 0 atom stereocenters. The standard InChI is InChI=1S/C18H21N3O5S/c1-4-26-18(23)20-19-17(22)14-7-9-15(10-8-14)21(3)27(24,25)16-11-5-13(2)6-12-16/h5-12H,4H2,1-3H3,(H,19,22)(H,20,23). The minimum absolute atomic E-state index is 0.177. The summed E-state index contributed by atoms with van der Waals surface area (Å²) in [4.78, 5) is 23.3. The summed E-state index contributed by atoms with van der Waals surface area (Å²) in [5.74, 6) is -0.557. The van der Waals surface area contributed by atoms with Gasteiger partial charge in [-0.3, -0.25) is 14.5 Å². The minimum Gasteiger partial charge on any atom is -0.449 e. The van der Waals surface area contributed by atoms with Gasteiger partial charge in [0, 0.05) is 12.6 Å². The van der Waals surface area contributed by atoms with Crippen LogP contribution in [0.4, 0.5) is 10.5 Å². The van der Waals surface area contributed by atoms with Gasteiger partial charge in [-0.25, -0.2) is 18.6 Å². The SMILES string of the molecule is CCOC(=O)NNC(=O)c1ccc(N(C)S(=O)(=O)c2ccc(C)cc2)cc1. The van der Waals surface area contributed by atoms with Crippen LogP contribution >= 0.6 is 0 Å². The Morgan fingerprint density at radius 3 is 2.15 bits per heavy atom. The Balaban J connectivity index is 2.10. The molecule has 144 valence electrons. The number of hydrazine groups is 1. The summed E-state index contributed by atoms with van der Waals surface area (Å²) in [6, 6.07) is 12.5. The van der Waals surface area contributed by atoms with E-state index in [0.717, 1.165) is 9.87 Å². The zero-order valence-corrected chi connectivity index (χ0v) is 16.0. The van der Waals surface area contributed by atoms with Crippen LogP contribution in [0.5, 0.6) is 0 Å². The summed E-state index contributed by atoms with van der Waals surface area (Å²) in [7, 11) is -2.27. The molecule has 27 heavy (non-hydrogen) atoms. The average molecular weight is 391 g/mol. The molecule has 0 unspecified atom stereocenters. The van der Waals surface area contributed by atoms with Crippen molar-refractivity contribution in [3.63, 3.8) is 0 Å². The molecule has 0 saturated heterocycles. The summed E-state index contributed by atoms with van der Waals surface area (Å²) in [5.41, 5.74) is 5.90. The first-order chi connectivity index (χ1) is 12.8. The summed E-state index contributed by atoms with van der Waals surface area (Å²) < 4.78 is 31.1. The number of hydrogen-bond acceptors (Lipinski definition) is 5. The Morgan fingerprint density at radius 2 is 1.59 bits per heavy atom. The highest BCUT2D eigenvalue weighted by Crippen LogP contribution is 2.22. The van der Waals surface area contributed by atoms with Crippen LogP contribution in [0, 0.1) is 6.92 Å². The van der Waals surface area contributed by atoms with Gasteiger partial charge in [-0.1, -0.05) is 17.7 Å². The van der Waals surface area contributed by atoms with Gasteiger partial charge in [-0.15, -0.1) is 0 Å². The van der Waals surface area contributed by atoms with E-state index in [0.29, 0.717) is 5.69 Å². The van der Waals surface area contributed by atoms with Gasteiger partial charge < -0.3 is 4.74 Å². The summed E-state index contributed by atoms with van der Waals surface area (Å²) in [5, 5.41) is 0. The molecule has 0 saturated carbocycles. The molecular formula is C18H21N3O5S. The predicted molar refractivity (Wildman–Crippen MR) is 101 cm³/mol. The normalized spacial score (nSPS) is 10.8. The molecule has 0 aliphatic heterocycles. The Labute approximate surface area is 158 Å². The molecule has 0 aromatic heterocycles. The number of amides is 2. The third-order valence-electron chi connectivity index (χ3n) is 3.73. The van der Waals surface area contributed by atoms with E-state index in [1.54, 1.807) is 31.2 Å². The second-order valence-electron chi connectivity index (χ2n) is 5.63. The fourth-order valence-corrected chi connectivity index (χ4v) is 3.37. The number of anilines is 1. The van der Waals surface area contributed by atoms with Crippen LogP contribution in [0.15, 0.2) is 53.4 Å². The topological polar surface area (TPSA) is 105 Å². The van der Waals surface area contributed by atoms with E-state index in [1.807, 2.05) is 6.92 Å². The highest BCUT2D eigenvalue weighted by Gasteiger charge is 2.21. The van der Waals surface area contributed by atoms with Gasteiger partial charge >= 0.3 is 6.09 Å². The van der Waals surface area contributed by atoms with Gasteiger partial charge in [0.15, 0.2) is 0 Å². The molecule has 2 aromatic rings. The number of carbonyl (C=O) groups is 2. The maximum absolute atomic E-state index is 12.7. The van der Waals surface area contributed by atoms with Crippen molar-refractivity contribution in [3.05, 3.63) is 59.7 Å². The molecule has 0 fully saturated rings. The van der Waals surface area contributed by atoms with Crippen molar-refractivity contribution >= 4 is 27.7 Å². The maximum Gasteiger partial charge on any atom is 0.426 e. The van der Waals surface area contributed by atoms with E-state index >= 15 is 0 Å². The Kier molecular flexibility index (Phi) is 6.40. The summed E-state index contributed by atoms with van der Waals surface area (Å²) in [6.07, 6.45) is -0.772. The van der Waals surface area contributed by atoms with Gasteiger partial charge in [0.1, 0.15) is 0 Å². The van der Waals surface area contributed by atoms with E-state index in [-0.39, 0.29) is 17.1 Å². The predicted octanol–water partition coefficient (Wildman–Crippen LogP) is 2.21. The number of aryl methyl sites for hydroxylation is 1. The minimum atomic E-state index is -3.71. The van der Waals surface area contributed by atoms with Crippen molar-refractivity contribution in [2.24, 2.45) is 0 Å². The van der Waals surface area contributed by atoms with E-state index in [1.165, 1.54) is 31.3 Å². The first-order valence-electron chi connectivity index (χ1n) is 8.14. The number of rotatable bonds is 5. The van der Waals surface area contributed by atoms with Crippen LogP contribution in [0.25, 0.3) is 0 Å². The summed E-state index contributed by atoms with van der Waals surface area (Å²) >= 11 is 0. The Hall–Kier alpha value is -3.07. The number of ether oxygens (including phenoxy) is 1. The lowest BCUT2D eigenvalue weighted by Crippen LogP contribution is -2.41. The molecule has 0 aliphatic rings. The number of benzene rings is 2. The number of nitrogens with zero attached hydrogens (tertiary/aromatic N) is 1. The van der Waals surface area contributed by atoms with Gasteiger partial charge in [-0.05, 0) is 50.2 Å². The molecule has 0 aliphatic carbocycles. The number of carbonyl (C=O) groups excluding carboxylic acids is 2. The average Bonchev–Trinajstić information content (AvgIpc) is 2.66. The third kappa shape index (κ3) is 4.98. The van der Waals surface area contributed by atoms with Gasteiger partial charge in [0.25, 0.3) is 15.9 Å². The third-order valence-corrected chi connectivity index (χ3v) is 5.53. The fourth-order valence-electron chi connectivity index (χ4n) is 2.18. The van der Waals surface area contributed by atoms with Crippen molar-refractivity contribution in [2.45, 2.75) is 18.7 Å². The van der Waals surface area contributed by atoms with Crippen LogP contribution in [0.1, 0.15) is 22.8 Å². The Morgan fingerprint density at radius 1 is 1.00 bits per heavy atom. The lowest BCUT2D eigenvalue weighted by atomic mass is 10.2. The molecule has 0 bridgehead atoms. The highest BCUT2D eigenvalue weighted by atomic mass is 32.2. The molecule has 2 amide bonds. The van der Waals surface area contributed by atoms with E-state index in [2.05, 4.69) is 15.6 Å². The van der Waals surface area contributed by atoms with E-state index in [4.69, 9.17) is 0 Å². The molecule has 9 heteroatoms. The second kappa shape index (κ2) is 8.54. The van der Waals surface area contributed by atoms with E-state index in [9.17, 15) is 18.0 Å². The van der Waals surface area contributed by atoms with Crippen molar-refractivity contribution < 1.29 is 22.7 Å². The zero-order chi connectivity index (χ0) is 20.0. The quantitative estimate of drug-likeness (QED) is 0.761. The molecular weight excluding hydrogens is 370 g/mol. The van der Waals surface area contributed by atoms with Crippen LogP contribution in [-0.2, 0) is 14.8 Å². The van der Waals surface area contributed by atoms with Crippen molar-refractivity contribution in [1.82, 2.24) is 10.9 Å². The summed E-state index contributed by atoms with van der Waals surface area (Å²) in [6.45, 7) is 3.69. The molecule has 0 radical (unpaired) electrons. The van der Waals surface area contributed by atoms with Crippen molar-refractivity contribution in [1.29, 1.82) is 0 Å². The van der Waals surface area contributed by atoms with Gasteiger partial charge in [0.05, 0.1) is 17.2 Å². The smallest absolute Gasteiger partial charge is 0.426 e. The molecule has 0 spiro atoms. The maximum atomic E-state index is 12.7.